The highest BCUT2D eigenvalue weighted by Gasteiger charge is 2.39. The molecule has 1 atom stereocenters. The fraction of sp³-hybridized carbons (Fsp3) is 0.444. The van der Waals surface area contributed by atoms with Crippen molar-refractivity contribution in [3.8, 4) is 0 Å². The molecular formula is C18H24N4O3. The van der Waals surface area contributed by atoms with Gasteiger partial charge < -0.3 is 4.90 Å². The fourth-order valence-electron chi connectivity index (χ4n) is 2.52. The van der Waals surface area contributed by atoms with Crippen LogP contribution in [0.5, 0.6) is 0 Å². The highest BCUT2D eigenvalue weighted by atomic mass is 16.2. The Morgan fingerprint density at radius 1 is 1.20 bits per heavy atom. The normalized spacial score (nSPS) is 18.3. The maximum atomic E-state index is 12.5. The number of benzene rings is 1. The van der Waals surface area contributed by atoms with E-state index in [-0.39, 0.29) is 6.54 Å². The second-order valence-corrected chi connectivity index (χ2v) is 6.21. The van der Waals surface area contributed by atoms with Gasteiger partial charge in [-0.15, -0.1) is 0 Å². The molecule has 0 radical (unpaired) electrons. The lowest BCUT2D eigenvalue weighted by atomic mass is 10.1. The highest BCUT2D eigenvalue weighted by Crippen LogP contribution is 2.11. The van der Waals surface area contributed by atoms with Crippen LogP contribution in [0.4, 0.5) is 4.79 Å². The minimum Gasteiger partial charge on any atom is -0.309 e. The van der Waals surface area contributed by atoms with E-state index >= 15 is 0 Å². The van der Waals surface area contributed by atoms with Gasteiger partial charge >= 0.3 is 6.03 Å². The van der Waals surface area contributed by atoms with Crippen molar-refractivity contribution in [2.75, 3.05) is 33.7 Å². The van der Waals surface area contributed by atoms with Crippen LogP contribution in [0.3, 0.4) is 0 Å². The van der Waals surface area contributed by atoms with Gasteiger partial charge in [0, 0.05) is 19.3 Å². The fourth-order valence-corrected chi connectivity index (χ4v) is 2.52. The van der Waals surface area contributed by atoms with Crippen molar-refractivity contribution < 1.29 is 14.4 Å². The predicted molar refractivity (Wildman–Crippen MR) is 95.4 cm³/mol. The van der Waals surface area contributed by atoms with Crippen molar-refractivity contribution >= 4 is 24.1 Å². The number of rotatable bonds is 8. The van der Waals surface area contributed by atoms with Crippen molar-refractivity contribution in [2.24, 2.45) is 10.9 Å². The van der Waals surface area contributed by atoms with E-state index in [0.29, 0.717) is 13.0 Å². The van der Waals surface area contributed by atoms with Crippen LogP contribution >= 0.6 is 0 Å². The van der Waals surface area contributed by atoms with E-state index in [2.05, 4.69) is 10.3 Å². The molecule has 1 aromatic carbocycles. The summed E-state index contributed by atoms with van der Waals surface area (Å²) in [6, 6.07) is 8.91. The molecule has 0 saturated carbocycles. The van der Waals surface area contributed by atoms with E-state index in [1.54, 1.807) is 0 Å². The van der Waals surface area contributed by atoms with Crippen LogP contribution in [-0.2, 0) is 16.0 Å². The zero-order valence-electron chi connectivity index (χ0n) is 14.6. The summed E-state index contributed by atoms with van der Waals surface area (Å²) in [4.78, 5) is 43.7. The van der Waals surface area contributed by atoms with E-state index in [9.17, 15) is 14.4 Å². The minimum atomic E-state index is -1.03. The lowest BCUT2D eigenvalue weighted by molar-refractivity contribution is -0.139. The van der Waals surface area contributed by atoms with Gasteiger partial charge in [-0.1, -0.05) is 30.3 Å². The quantitative estimate of drug-likeness (QED) is 0.432. The number of urea groups is 1. The molecule has 1 saturated heterocycles. The van der Waals surface area contributed by atoms with Gasteiger partial charge in [0.1, 0.15) is 0 Å². The first-order chi connectivity index (χ1) is 12.0. The molecule has 1 unspecified atom stereocenters. The summed E-state index contributed by atoms with van der Waals surface area (Å²) in [6.45, 7) is 1.64. The number of aliphatic imine (C=N–C) groups is 1. The molecule has 0 aliphatic carbocycles. The summed E-state index contributed by atoms with van der Waals surface area (Å²) in [7, 11) is 3.94. The Labute approximate surface area is 147 Å². The smallest absolute Gasteiger partial charge is 0.309 e. The molecule has 134 valence electrons. The molecule has 1 heterocycles. The van der Waals surface area contributed by atoms with Crippen molar-refractivity contribution in [1.29, 1.82) is 0 Å². The first kappa shape index (κ1) is 18.8. The molecule has 25 heavy (non-hydrogen) atoms. The van der Waals surface area contributed by atoms with E-state index in [1.807, 2.05) is 49.3 Å². The number of barbiturate groups is 1. The standard InChI is InChI=1S/C18H24N4O3/c1-21(2)11-6-10-19-13-15-16(23)20-18(25)22(17(15)24)12-9-14-7-4-3-5-8-14/h3-5,7-8,13,15H,6,9-12H2,1-2H3,(H,20,23,25). The summed E-state index contributed by atoms with van der Waals surface area (Å²) in [5.74, 6) is -2.16. The van der Waals surface area contributed by atoms with Crippen LogP contribution in [-0.4, -0.2) is 67.6 Å². The molecule has 7 nitrogen and oxygen atoms in total. The van der Waals surface area contributed by atoms with Crippen LogP contribution in [0.2, 0.25) is 0 Å². The Bertz CT molecular complexity index is 643. The van der Waals surface area contributed by atoms with Crippen LogP contribution < -0.4 is 5.32 Å². The maximum Gasteiger partial charge on any atom is 0.330 e. The molecule has 0 aromatic heterocycles. The van der Waals surface area contributed by atoms with Gasteiger partial charge in [0.2, 0.25) is 11.8 Å². The molecule has 4 amide bonds. The Morgan fingerprint density at radius 2 is 1.92 bits per heavy atom. The minimum absolute atomic E-state index is 0.229. The summed E-state index contributed by atoms with van der Waals surface area (Å²) in [6.07, 6.45) is 2.73. The first-order valence-corrected chi connectivity index (χ1v) is 8.34. The lowest BCUT2D eigenvalue weighted by Crippen LogP contribution is -2.58. The zero-order valence-corrected chi connectivity index (χ0v) is 14.6. The molecule has 0 spiro atoms. The van der Waals surface area contributed by atoms with Crippen molar-refractivity contribution in [2.45, 2.75) is 12.8 Å². The SMILES string of the molecule is CN(C)CCCN=CC1C(=O)NC(=O)N(CCc2ccccc2)C1=O. The summed E-state index contributed by atoms with van der Waals surface area (Å²) in [5.41, 5.74) is 1.02. The van der Waals surface area contributed by atoms with Crippen LogP contribution in [0.25, 0.3) is 0 Å². The van der Waals surface area contributed by atoms with Gasteiger partial charge in [-0.05, 0) is 39.0 Å². The summed E-state index contributed by atoms with van der Waals surface area (Å²) < 4.78 is 0. The van der Waals surface area contributed by atoms with Gasteiger partial charge in [-0.3, -0.25) is 24.8 Å². The molecule has 1 aliphatic rings. The van der Waals surface area contributed by atoms with E-state index < -0.39 is 23.8 Å². The van der Waals surface area contributed by atoms with E-state index in [1.165, 1.54) is 6.21 Å². The molecule has 7 heteroatoms. The second-order valence-electron chi connectivity index (χ2n) is 6.21. The number of imide groups is 2. The third-order valence-electron chi connectivity index (χ3n) is 3.90. The largest absolute Gasteiger partial charge is 0.330 e. The van der Waals surface area contributed by atoms with Gasteiger partial charge in [-0.25, -0.2) is 4.79 Å². The van der Waals surface area contributed by atoms with Gasteiger partial charge in [0.05, 0.1) is 0 Å². The Kier molecular flexibility index (Phi) is 6.82. The molecule has 1 aromatic rings. The van der Waals surface area contributed by atoms with Crippen LogP contribution in [0.1, 0.15) is 12.0 Å². The second kappa shape index (κ2) is 9.08. The predicted octanol–water partition coefficient (Wildman–Crippen LogP) is 0.946. The Hall–Kier alpha value is -2.54. The zero-order chi connectivity index (χ0) is 18.2. The van der Waals surface area contributed by atoms with E-state index in [4.69, 9.17) is 0 Å². The number of amides is 4. The summed E-state index contributed by atoms with van der Waals surface area (Å²) >= 11 is 0. The van der Waals surface area contributed by atoms with E-state index in [0.717, 1.165) is 23.4 Å². The number of nitrogens with zero attached hydrogens (tertiary/aromatic N) is 3. The topological polar surface area (TPSA) is 82.1 Å². The van der Waals surface area contributed by atoms with Crippen molar-refractivity contribution in [3.63, 3.8) is 0 Å². The summed E-state index contributed by atoms with van der Waals surface area (Å²) in [5, 5.41) is 2.23. The highest BCUT2D eigenvalue weighted by molar-refractivity contribution is 6.23. The monoisotopic (exact) mass is 344 g/mol. The Balaban J connectivity index is 1.94. The molecule has 1 N–H and O–H groups in total. The average molecular weight is 344 g/mol. The molecule has 2 rings (SSSR count). The molecule has 1 aliphatic heterocycles. The number of carbonyl (C=O) groups is 3. The van der Waals surface area contributed by atoms with Gasteiger partial charge in [-0.2, -0.15) is 0 Å². The van der Waals surface area contributed by atoms with Crippen LogP contribution in [0.15, 0.2) is 35.3 Å². The van der Waals surface area contributed by atoms with Crippen molar-refractivity contribution in [1.82, 2.24) is 15.1 Å². The number of hydrogen-bond acceptors (Lipinski definition) is 5. The molecular weight excluding hydrogens is 320 g/mol. The average Bonchev–Trinajstić information content (AvgIpc) is 2.57. The van der Waals surface area contributed by atoms with Gasteiger partial charge in [0.15, 0.2) is 5.92 Å². The van der Waals surface area contributed by atoms with Gasteiger partial charge in [0.25, 0.3) is 0 Å². The van der Waals surface area contributed by atoms with Crippen LogP contribution in [0, 0.1) is 5.92 Å². The number of nitrogens with one attached hydrogen (secondary N) is 1. The Morgan fingerprint density at radius 3 is 2.60 bits per heavy atom. The molecule has 1 fully saturated rings. The number of hydrogen-bond donors (Lipinski definition) is 1. The lowest BCUT2D eigenvalue weighted by Gasteiger charge is -2.28. The van der Waals surface area contributed by atoms with Crippen molar-refractivity contribution in [3.05, 3.63) is 35.9 Å². The number of carbonyl (C=O) groups excluding carboxylic acids is 3. The molecule has 0 bridgehead atoms. The third-order valence-corrected chi connectivity index (χ3v) is 3.90. The third kappa shape index (κ3) is 5.49. The maximum absolute atomic E-state index is 12.5. The first-order valence-electron chi connectivity index (χ1n) is 8.34.